The van der Waals surface area contributed by atoms with Gasteiger partial charge in [0.2, 0.25) is 0 Å². The zero-order chi connectivity index (χ0) is 32.5. The van der Waals surface area contributed by atoms with Gasteiger partial charge in [-0.1, -0.05) is 115 Å². The van der Waals surface area contributed by atoms with E-state index in [9.17, 15) is 0 Å². The van der Waals surface area contributed by atoms with E-state index >= 15 is 0 Å². The molecule has 0 saturated carbocycles. The molecule has 0 spiro atoms. The maximum absolute atomic E-state index is 2.46. The number of aromatic nitrogens is 2. The highest BCUT2D eigenvalue weighted by Crippen LogP contribution is 2.43. The van der Waals surface area contributed by atoms with Crippen LogP contribution >= 0.6 is 0 Å². The normalized spacial score (nSPS) is 14.5. The van der Waals surface area contributed by atoms with E-state index in [1.807, 2.05) is 0 Å². The average Bonchev–Trinajstić information content (AvgIpc) is 3.67. The zero-order valence-electron chi connectivity index (χ0n) is 27.2. The van der Waals surface area contributed by atoms with Crippen LogP contribution in [0.5, 0.6) is 0 Å². The predicted octanol–water partition coefficient (Wildman–Crippen LogP) is 11.5. The Kier molecular flexibility index (Phi) is 6.16. The molecular weight excluding hydrogens is 595 g/mol. The van der Waals surface area contributed by atoms with E-state index in [2.05, 4.69) is 197 Å². The van der Waals surface area contributed by atoms with Crippen LogP contribution in [-0.4, -0.2) is 16.2 Å². The number of benzene rings is 7. The summed E-state index contributed by atoms with van der Waals surface area (Å²) < 4.78 is 4.87. The summed E-state index contributed by atoms with van der Waals surface area (Å²) in [6.07, 6.45) is 2.44. The standard InChI is InChI=1S/C46H33N3/c1-47-41-24-11-8-21-35(41)38(31-15-4-2-5-16-31)29-44(47)32-17-14-20-34(27-32)49-43-26-13-10-23-37(43)40-28-39-36-22-9-12-25-42(36)48(45(39)30-46(40)49)33-18-6-3-7-19-33/h2-30,44H,1H3. The molecule has 0 fully saturated rings. The third-order valence-corrected chi connectivity index (χ3v) is 10.4. The lowest BCUT2D eigenvalue weighted by Crippen LogP contribution is -2.27. The first-order chi connectivity index (χ1) is 24.2. The highest BCUT2D eigenvalue weighted by molar-refractivity contribution is 6.19. The van der Waals surface area contributed by atoms with E-state index in [1.54, 1.807) is 0 Å². The number of hydrogen-bond acceptors (Lipinski definition) is 1. The monoisotopic (exact) mass is 627 g/mol. The molecule has 2 aromatic heterocycles. The van der Waals surface area contributed by atoms with Gasteiger partial charge >= 0.3 is 0 Å². The lowest BCUT2D eigenvalue weighted by atomic mass is 9.88. The zero-order valence-corrected chi connectivity index (χ0v) is 27.2. The molecule has 10 rings (SSSR count). The van der Waals surface area contributed by atoms with Gasteiger partial charge in [-0.25, -0.2) is 0 Å². The molecule has 0 N–H and O–H groups in total. The van der Waals surface area contributed by atoms with Crippen molar-refractivity contribution in [1.29, 1.82) is 0 Å². The summed E-state index contributed by atoms with van der Waals surface area (Å²) in [4.78, 5) is 2.41. The maximum atomic E-state index is 2.46. The molecule has 1 aliphatic heterocycles. The minimum atomic E-state index is 0.0745. The van der Waals surface area contributed by atoms with Crippen LogP contribution in [0.4, 0.5) is 5.69 Å². The van der Waals surface area contributed by atoms with Gasteiger partial charge in [-0.15, -0.1) is 0 Å². The van der Waals surface area contributed by atoms with Crippen LogP contribution in [0.15, 0.2) is 176 Å². The Morgan fingerprint density at radius 2 is 1.00 bits per heavy atom. The lowest BCUT2D eigenvalue weighted by molar-refractivity contribution is 0.800. The minimum Gasteiger partial charge on any atom is -0.364 e. The third-order valence-electron chi connectivity index (χ3n) is 10.4. The molecule has 3 heterocycles. The van der Waals surface area contributed by atoms with E-state index in [0.717, 1.165) is 5.69 Å². The first kappa shape index (κ1) is 27.8. The van der Waals surface area contributed by atoms with Crippen molar-refractivity contribution in [2.24, 2.45) is 0 Å². The summed E-state index contributed by atoms with van der Waals surface area (Å²) in [5.41, 5.74) is 13.4. The van der Waals surface area contributed by atoms with E-state index in [1.165, 1.54) is 77.2 Å². The molecule has 0 bridgehead atoms. The molecule has 232 valence electrons. The summed E-state index contributed by atoms with van der Waals surface area (Å²) in [5, 5.41) is 5.06. The van der Waals surface area contributed by atoms with Crippen molar-refractivity contribution in [3.05, 3.63) is 193 Å². The van der Waals surface area contributed by atoms with E-state index < -0.39 is 0 Å². The van der Waals surface area contributed by atoms with Gasteiger partial charge in [0.1, 0.15) is 0 Å². The predicted molar refractivity (Wildman–Crippen MR) is 206 cm³/mol. The van der Waals surface area contributed by atoms with Gasteiger partial charge in [0, 0.05) is 51.2 Å². The molecule has 1 unspecified atom stereocenters. The fourth-order valence-corrected chi connectivity index (χ4v) is 8.12. The smallest absolute Gasteiger partial charge is 0.0733 e. The minimum absolute atomic E-state index is 0.0745. The number of nitrogens with zero attached hydrogens (tertiary/aromatic N) is 3. The second-order valence-corrected chi connectivity index (χ2v) is 13.0. The molecular formula is C46H33N3. The maximum Gasteiger partial charge on any atom is 0.0733 e. The number of anilines is 1. The van der Waals surface area contributed by atoms with E-state index in [4.69, 9.17) is 0 Å². The number of para-hydroxylation sites is 4. The Hall–Kier alpha value is -6.32. The van der Waals surface area contributed by atoms with Gasteiger partial charge in [-0.3, -0.25) is 0 Å². The van der Waals surface area contributed by atoms with Crippen LogP contribution in [0.1, 0.15) is 22.7 Å². The van der Waals surface area contributed by atoms with Crippen molar-refractivity contribution >= 4 is 54.9 Å². The molecule has 7 aromatic carbocycles. The van der Waals surface area contributed by atoms with Crippen molar-refractivity contribution in [3.63, 3.8) is 0 Å². The van der Waals surface area contributed by atoms with E-state index in [-0.39, 0.29) is 6.04 Å². The van der Waals surface area contributed by atoms with Crippen LogP contribution in [0.2, 0.25) is 0 Å². The van der Waals surface area contributed by atoms with Crippen LogP contribution in [0, 0.1) is 0 Å². The largest absolute Gasteiger partial charge is 0.364 e. The molecule has 0 amide bonds. The fourth-order valence-electron chi connectivity index (χ4n) is 8.12. The van der Waals surface area contributed by atoms with Crippen molar-refractivity contribution < 1.29 is 0 Å². The number of hydrogen-bond donors (Lipinski definition) is 0. The van der Waals surface area contributed by atoms with Gasteiger partial charge < -0.3 is 14.0 Å². The quantitative estimate of drug-likeness (QED) is 0.189. The Morgan fingerprint density at radius 1 is 0.429 bits per heavy atom. The van der Waals surface area contributed by atoms with E-state index in [0.29, 0.717) is 0 Å². The van der Waals surface area contributed by atoms with Gasteiger partial charge in [-0.2, -0.15) is 0 Å². The molecule has 49 heavy (non-hydrogen) atoms. The molecule has 0 saturated heterocycles. The molecule has 3 nitrogen and oxygen atoms in total. The number of fused-ring (bicyclic) bond motifs is 7. The van der Waals surface area contributed by atoms with Gasteiger partial charge in [0.05, 0.1) is 28.1 Å². The molecule has 1 aliphatic rings. The molecule has 1 atom stereocenters. The fraction of sp³-hybridized carbons (Fsp3) is 0.0435. The van der Waals surface area contributed by atoms with Crippen LogP contribution in [0.3, 0.4) is 0 Å². The first-order valence-electron chi connectivity index (χ1n) is 17.0. The second kappa shape index (κ2) is 10.9. The number of likely N-dealkylation sites (N-methyl/N-ethyl adjacent to an activating group) is 1. The summed E-state index contributed by atoms with van der Waals surface area (Å²) in [6, 6.07) is 61.9. The van der Waals surface area contributed by atoms with Gasteiger partial charge in [-0.05, 0) is 77.4 Å². The molecule has 0 aliphatic carbocycles. The summed E-state index contributed by atoms with van der Waals surface area (Å²) in [7, 11) is 2.22. The van der Waals surface area contributed by atoms with Crippen molar-refractivity contribution in [3.8, 4) is 11.4 Å². The van der Waals surface area contributed by atoms with Crippen LogP contribution < -0.4 is 4.90 Å². The van der Waals surface area contributed by atoms with Crippen molar-refractivity contribution in [1.82, 2.24) is 9.13 Å². The highest BCUT2D eigenvalue weighted by Gasteiger charge is 2.26. The van der Waals surface area contributed by atoms with Crippen molar-refractivity contribution in [2.45, 2.75) is 6.04 Å². The van der Waals surface area contributed by atoms with Crippen LogP contribution in [0.25, 0.3) is 60.6 Å². The van der Waals surface area contributed by atoms with Crippen LogP contribution in [-0.2, 0) is 0 Å². The molecule has 0 radical (unpaired) electrons. The Morgan fingerprint density at radius 3 is 1.71 bits per heavy atom. The highest BCUT2D eigenvalue weighted by atomic mass is 15.1. The third kappa shape index (κ3) is 4.22. The van der Waals surface area contributed by atoms with Crippen molar-refractivity contribution in [2.75, 3.05) is 11.9 Å². The SMILES string of the molecule is CN1c2ccccc2C(c2ccccc2)=CC1c1cccc(-n2c3ccccc3c3cc4c5ccccc5n(-c5ccccc5)c4cc32)c1. The Bertz CT molecular complexity index is 2730. The summed E-state index contributed by atoms with van der Waals surface area (Å²) >= 11 is 0. The second-order valence-electron chi connectivity index (χ2n) is 13.0. The summed E-state index contributed by atoms with van der Waals surface area (Å²) in [5.74, 6) is 0. The first-order valence-corrected chi connectivity index (χ1v) is 17.0. The molecule has 3 heteroatoms. The van der Waals surface area contributed by atoms with Gasteiger partial charge in [0.25, 0.3) is 0 Å². The average molecular weight is 628 g/mol. The lowest BCUT2D eigenvalue weighted by Gasteiger charge is -2.35. The number of rotatable bonds is 4. The Labute approximate surface area is 285 Å². The summed E-state index contributed by atoms with van der Waals surface area (Å²) in [6.45, 7) is 0. The molecule has 9 aromatic rings. The topological polar surface area (TPSA) is 13.1 Å². The van der Waals surface area contributed by atoms with Gasteiger partial charge in [0.15, 0.2) is 0 Å². The Balaban J connectivity index is 1.21.